The third kappa shape index (κ3) is 4.70. The summed E-state index contributed by atoms with van der Waals surface area (Å²) in [4.78, 5) is 15.8. The van der Waals surface area contributed by atoms with Crippen LogP contribution in [0.25, 0.3) is 10.2 Å². The number of aromatic nitrogens is 1. The van der Waals surface area contributed by atoms with E-state index in [0.717, 1.165) is 15.2 Å². The average Bonchev–Trinajstić information content (AvgIpc) is 2.85. The zero-order valence-electron chi connectivity index (χ0n) is 11.4. The Balaban J connectivity index is 1.86. The molecule has 1 amide bonds. The Bertz CT molecular complexity index is 591. The lowest BCUT2D eigenvalue weighted by atomic mass is 10.2. The smallest absolute Gasteiger partial charge is 0.355 e. The number of hydrogen-bond acceptors (Lipinski definition) is 3. The van der Waals surface area contributed by atoms with Gasteiger partial charge in [-0.3, -0.25) is 4.79 Å². The van der Waals surface area contributed by atoms with Crippen LogP contribution in [0.4, 0.5) is 13.2 Å². The van der Waals surface area contributed by atoms with Crippen molar-refractivity contribution >= 4 is 27.5 Å². The first-order valence-electron chi connectivity index (χ1n) is 6.54. The number of nitrogens with one attached hydrogen (secondary N) is 1. The zero-order chi connectivity index (χ0) is 15.5. The first-order chi connectivity index (χ1) is 9.85. The Morgan fingerprint density at radius 2 is 2.10 bits per heavy atom. The van der Waals surface area contributed by atoms with Gasteiger partial charge in [-0.05, 0) is 12.1 Å². The molecule has 0 saturated heterocycles. The highest BCUT2D eigenvalue weighted by molar-refractivity contribution is 7.18. The molecule has 2 rings (SSSR count). The first kappa shape index (κ1) is 15.8. The van der Waals surface area contributed by atoms with Gasteiger partial charge in [-0.15, -0.1) is 11.3 Å². The van der Waals surface area contributed by atoms with Crippen molar-refractivity contribution in [3.05, 3.63) is 29.3 Å². The molecule has 1 N–H and O–H groups in total. The van der Waals surface area contributed by atoms with Crippen LogP contribution in [0.5, 0.6) is 0 Å². The third-order valence-electron chi connectivity index (χ3n) is 2.97. The van der Waals surface area contributed by atoms with Gasteiger partial charge in [0.25, 0.3) is 0 Å². The van der Waals surface area contributed by atoms with Gasteiger partial charge in [0.2, 0.25) is 5.91 Å². The minimum absolute atomic E-state index is 0.0303. The van der Waals surface area contributed by atoms with E-state index in [1.165, 1.54) is 11.3 Å². The number of amides is 1. The van der Waals surface area contributed by atoms with Gasteiger partial charge in [-0.2, -0.15) is 13.2 Å². The van der Waals surface area contributed by atoms with Crippen LogP contribution < -0.4 is 5.32 Å². The Labute approximate surface area is 124 Å². The first-order valence-corrected chi connectivity index (χ1v) is 7.36. The van der Waals surface area contributed by atoms with Crippen LogP contribution in [0.1, 0.15) is 30.7 Å². The van der Waals surface area contributed by atoms with E-state index in [1.54, 1.807) is 0 Å². The maximum absolute atomic E-state index is 12.0. The molecule has 1 aromatic carbocycles. The van der Waals surface area contributed by atoms with Crippen molar-refractivity contribution in [1.29, 1.82) is 0 Å². The van der Waals surface area contributed by atoms with Gasteiger partial charge in [0.1, 0.15) is 0 Å². The molecular formula is C14H15F3N2OS. The van der Waals surface area contributed by atoms with Crippen LogP contribution in [0.3, 0.4) is 0 Å². The number of benzene rings is 1. The number of thiazole rings is 1. The highest BCUT2D eigenvalue weighted by Crippen LogP contribution is 2.27. The molecule has 7 heteroatoms. The minimum atomic E-state index is -4.30. The summed E-state index contributed by atoms with van der Waals surface area (Å²) in [5.41, 5.74) is 0.896. The summed E-state index contributed by atoms with van der Waals surface area (Å²) in [7, 11) is 0. The van der Waals surface area contributed by atoms with E-state index in [-0.39, 0.29) is 12.5 Å². The molecule has 0 radical (unpaired) electrons. The molecule has 1 aromatic heterocycles. The lowest BCUT2D eigenvalue weighted by molar-refractivity contribution is -0.144. The molecule has 0 fully saturated rings. The number of carbonyl (C=O) groups excluding carboxylic acids is 1. The Hall–Kier alpha value is -1.63. The van der Waals surface area contributed by atoms with Crippen molar-refractivity contribution in [2.75, 3.05) is 6.54 Å². The van der Waals surface area contributed by atoms with Crippen molar-refractivity contribution in [3.63, 3.8) is 0 Å². The SMILES string of the molecule is CC(CNC(=O)CCC(F)(F)F)c1nc2ccccc2s1. The van der Waals surface area contributed by atoms with Crippen LogP contribution in [0.2, 0.25) is 0 Å². The molecule has 0 aliphatic heterocycles. The number of halogens is 3. The van der Waals surface area contributed by atoms with Crippen LogP contribution >= 0.6 is 11.3 Å². The monoisotopic (exact) mass is 316 g/mol. The van der Waals surface area contributed by atoms with Crippen molar-refractivity contribution in [1.82, 2.24) is 10.3 Å². The molecule has 2 aromatic rings. The Morgan fingerprint density at radius 1 is 1.38 bits per heavy atom. The molecule has 0 bridgehead atoms. The van der Waals surface area contributed by atoms with Gasteiger partial charge < -0.3 is 5.32 Å². The topological polar surface area (TPSA) is 42.0 Å². The zero-order valence-corrected chi connectivity index (χ0v) is 12.2. The van der Waals surface area contributed by atoms with Crippen molar-refractivity contribution in [3.8, 4) is 0 Å². The molecule has 3 nitrogen and oxygen atoms in total. The summed E-state index contributed by atoms with van der Waals surface area (Å²) in [6.07, 6.45) is -5.92. The van der Waals surface area contributed by atoms with Crippen LogP contribution in [-0.4, -0.2) is 23.6 Å². The normalized spacial score (nSPS) is 13.3. The molecule has 1 heterocycles. The van der Waals surface area contributed by atoms with E-state index < -0.39 is 24.9 Å². The van der Waals surface area contributed by atoms with Gasteiger partial charge in [0.15, 0.2) is 0 Å². The number of nitrogens with zero attached hydrogens (tertiary/aromatic N) is 1. The molecule has 0 aliphatic rings. The highest BCUT2D eigenvalue weighted by Gasteiger charge is 2.27. The van der Waals surface area contributed by atoms with E-state index in [4.69, 9.17) is 0 Å². The molecular weight excluding hydrogens is 301 g/mol. The average molecular weight is 316 g/mol. The highest BCUT2D eigenvalue weighted by atomic mass is 32.1. The molecule has 0 saturated carbocycles. The molecule has 0 spiro atoms. The van der Waals surface area contributed by atoms with Crippen LogP contribution in [-0.2, 0) is 4.79 Å². The van der Waals surface area contributed by atoms with Gasteiger partial charge in [-0.1, -0.05) is 19.1 Å². The largest absolute Gasteiger partial charge is 0.389 e. The fourth-order valence-electron chi connectivity index (χ4n) is 1.80. The van der Waals surface area contributed by atoms with Gasteiger partial charge in [0, 0.05) is 18.9 Å². The van der Waals surface area contributed by atoms with Crippen molar-refractivity contribution in [2.45, 2.75) is 31.9 Å². The Morgan fingerprint density at radius 3 is 2.76 bits per heavy atom. The lowest BCUT2D eigenvalue weighted by Gasteiger charge is -2.10. The summed E-state index contributed by atoms with van der Waals surface area (Å²) in [6, 6.07) is 7.69. The van der Waals surface area contributed by atoms with Crippen LogP contribution in [0, 0.1) is 0 Å². The van der Waals surface area contributed by atoms with Crippen molar-refractivity contribution < 1.29 is 18.0 Å². The summed E-state index contributed by atoms with van der Waals surface area (Å²) in [6.45, 7) is 2.18. The third-order valence-corrected chi connectivity index (χ3v) is 4.24. The summed E-state index contributed by atoms with van der Waals surface area (Å²) in [5, 5.41) is 3.39. The fraction of sp³-hybridized carbons (Fsp3) is 0.429. The summed E-state index contributed by atoms with van der Waals surface area (Å²) < 4.78 is 37.1. The van der Waals surface area contributed by atoms with Gasteiger partial charge >= 0.3 is 6.18 Å². The number of carbonyl (C=O) groups is 1. The van der Waals surface area contributed by atoms with E-state index >= 15 is 0 Å². The number of alkyl halides is 3. The summed E-state index contributed by atoms with van der Waals surface area (Å²) >= 11 is 1.53. The van der Waals surface area contributed by atoms with E-state index in [1.807, 2.05) is 31.2 Å². The maximum Gasteiger partial charge on any atom is 0.389 e. The molecule has 21 heavy (non-hydrogen) atoms. The van der Waals surface area contributed by atoms with E-state index in [9.17, 15) is 18.0 Å². The Kier molecular flexibility index (Phi) is 4.82. The predicted molar refractivity (Wildman–Crippen MR) is 76.3 cm³/mol. The molecule has 1 atom stereocenters. The van der Waals surface area contributed by atoms with Crippen molar-refractivity contribution in [2.24, 2.45) is 0 Å². The van der Waals surface area contributed by atoms with Gasteiger partial charge in [0.05, 0.1) is 21.6 Å². The maximum atomic E-state index is 12.0. The molecule has 0 aliphatic carbocycles. The molecule has 1 unspecified atom stereocenters. The quantitative estimate of drug-likeness (QED) is 0.910. The summed E-state index contributed by atoms with van der Waals surface area (Å²) in [5.74, 6) is -0.613. The predicted octanol–water partition coefficient (Wildman–Crippen LogP) is 3.86. The fourth-order valence-corrected chi connectivity index (χ4v) is 2.82. The number of hydrogen-bond donors (Lipinski definition) is 1. The number of para-hydroxylation sites is 1. The molecule has 114 valence electrons. The second-order valence-corrected chi connectivity index (χ2v) is 5.90. The second kappa shape index (κ2) is 6.43. The number of fused-ring (bicyclic) bond motifs is 1. The van der Waals surface area contributed by atoms with Gasteiger partial charge in [-0.25, -0.2) is 4.98 Å². The van der Waals surface area contributed by atoms with Crippen LogP contribution in [0.15, 0.2) is 24.3 Å². The minimum Gasteiger partial charge on any atom is -0.355 e. The van der Waals surface area contributed by atoms with E-state index in [2.05, 4.69) is 10.3 Å². The standard InChI is InChI=1S/C14H15F3N2OS/c1-9(8-18-12(20)6-7-14(15,16)17)13-19-10-4-2-3-5-11(10)21-13/h2-5,9H,6-8H2,1H3,(H,18,20). The second-order valence-electron chi connectivity index (χ2n) is 4.84. The number of rotatable bonds is 5. The van der Waals surface area contributed by atoms with E-state index in [0.29, 0.717) is 0 Å². The lowest BCUT2D eigenvalue weighted by Crippen LogP contribution is -2.28.